The summed E-state index contributed by atoms with van der Waals surface area (Å²) in [6.07, 6.45) is 10.7. The van der Waals surface area contributed by atoms with Crippen molar-refractivity contribution in [1.82, 2.24) is 15.1 Å². The molecule has 3 heterocycles. The highest BCUT2D eigenvalue weighted by atomic mass is 16.6. The number of nitrogens with one attached hydrogen (secondary N) is 1. The van der Waals surface area contributed by atoms with Crippen molar-refractivity contribution in [3.05, 3.63) is 47.5 Å². The van der Waals surface area contributed by atoms with Crippen LogP contribution in [0.2, 0.25) is 0 Å². The molecule has 1 unspecified atom stereocenters. The zero-order valence-electron chi connectivity index (χ0n) is 27.3. The van der Waals surface area contributed by atoms with Gasteiger partial charge in [0.2, 0.25) is 11.8 Å². The van der Waals surface area contributed by atoms with E-state index in [1.165, 1.54) is 10.5 Å². The number of carbonyl (C=O) groups is 5. The lowest BCUT2D eigenvalue weighted by Crippen LogP contribution is -2.54. The molecule has 1 aromatic rings. The zero-order valence-corrected chi connectivity index (χ0v) is 27.3. The molecular weight excluding hydrogens is 602 g/mol. The fourth-order valence-corrected chi connectivity index (χ4v) is 7.60. The summed E-state index contributed by atoms with van der Waals surface area (Å²) >= 11 is 0. The summed E-state index contributed by atoms with van der Waals surface area (Å²) < 4.78 is 17.2. The van der Waals surface area contributed by atoms with E-state index in [2.05, 4.69) is 11.4 Å². The van der Waals surface area contributed by atoms with Crippen molar-refractivity contribution in [3.63, 3.8) is 0 Å². The first-order chi connectivity index (χ1) is 22.8. The highest BCUT2D eigenvalue weighted by Crippen LogP contribution is 2.46. The van der Waals surface area contributed by atoms with E-state index in [1.54, 1.807) is 11.8 Å². The van der Waals surface area contributed by atoms with Crippen molar-refractivity contribution in [2.24, 2.45) is 11.8 Å². The van der Waals surface area contributed by atoms with Crippen molar-refractivity contribution in [2.45, 2.75) is 114 Å². The van der Waals surface area contributed by atoms with Crippen molar-refractivity contribution >= 4 is 29.8 Å². The van der Waals surface area contributed by atoms with Gasteiger partial charge in [0.1, 0.15) is 29.7 Å². The summed E-state index contributed by atoms with van der Waals surface area (Å²) in [5.74, 6) is -3.36. The van der Waals surface area contributed by atoms with Gasteiger partial charge in [-0.25, -0.2) is 9.59 Å². The molecule has 1 N–H and O–H groups in total. The van der Waals surface area contributed by atoms with Gasteiger partial charge in [0, 0.05) is 25.4 Å². The molecule has 3 fully saturated rings. The van der Waals surface area contributed by atoms with Gasteiger partial charge < -0.3 is 29.3 Å². The molecule has 0 bridgehead atoms. The second-order valence-corrected chi connectivity index (χ2v) is 13.6. The Bertz CT molecular complexity index is 1390. The Kier molecular flexibility index (Phi) is 10.2. The maximum atomic E-state index is 14.3. The van der Waals surface area contributed by atoms with Gasteiger partial charge in [-0.15, -0.1) is 0 Å². The van der Waals surface area contributed by atoms with E-state index >= 15 is 0 Å². The van der Waals surface area contributed by atoms with E-state index in [1.807, 2.05) is 30.4 Å². The van der Waals surface area contributed by atoms with Crippen LogP contribution in [0.15, 0.2) is 36.4 Å². The summed E-state index contributed by atoms with van der Waals surface area (Å²) in [6, 6.07) is 6.94. The molecule has 11 nitrogen and oxygen atoms in total. The fourth-order valence-electron chi connectivity index (χ4n) is 7.60. The number of ether oxygens (including phenoxy) is 3. The van der Waals surface area contributed by atoms with Crippen LogP contribution in [0.5, 0.6) is 0 Å². The molecule has 2 aliphatic carbocycles. The van der Waals surface area contributed by atoms with Crippen LogP contribution in [0.3, 0.4) is 0 Å². The summed E-state index contributed by atoms with van der Waals surface area (Å²) in [6.45, 7) is 2.78. The minimum absolute atomic E-state index is 0.0317. The molecule has 3 aliphatic heterocycles. The van der Waals surface area contributed by atoms with E-state index in [-0.39, 0.29) is 31.6 Å². The highest BCUT2D eigenvalue weighted by molar-refractivity contribution is 6.01. The maximum absolute atomic E-state index is 14.3. The monoisotopic (exact) mass is 649 g/mol. The van der Waals surface area contributed by atoms with Crippen molar-refractivity contribution < 1.29 is 38.2 Å². The second-order valence-electron chi connectivity index (χ2n) is 13.6. The number of nitrogens with zero attached hydrogens (tertiary/aromatic N) is 2. The van der Waals surface area contributed by atoms with Crippen LogP contribution >= 0.6 is 0 Å². The molecule has 5 atom stereocenters. The number of carbonyl (C=O) groups excluding carboxylic acids is 5. The van der Waals surface area contributed by atoms with Gasteiger partial charge >= 0.3 is 18.0 Å². The molecule has 2 saturated carbocycles. The summed E-state index contributed by atoms with van der Waals surface area (Å²) in [4.78, 5) is 71.4. The predicted octanol–water partition coefficient (Wildman–Crippen LogP) is 4.21. The van der Waals surface area contributed by atoms with Gasteiger partial charge in [0.25, 0.3) is 0 Å². The molecule has 254 valence electrons. The molecule has 0 aromatic heterocycles. The average molecular weight is 650 g/mol. The first kappa shape index (κ1) is 33.0. The second kappa shape index (κ2) is 14.5. The van der Waals surface area contributed by atoms with Crippen LogP contribution in [-0.2, 0) is 46.4 Å². The van der Waals surface area contributed by atoms with Gasteiger partial charge in [-0.3, -0.25) is 14.4 Å². The molecule has 5 aliphatic rings. The van der Waals surface area contributed by atoms with Crippen LogP contribution in [0.25, 0.3) is 0 Å². The number of fused-ring (bicyclic) bond motifs is 3. The number of rotatable bonds is 5. The first-order valence-corrected chi connectivity index (χ1v) is 17.5. The van der Waals surface area contributed by atoms with Crippen molar-refractivity contribution in [3.8, 4) is 0 Å². The SMILES string of the molecule is CCOC(=O)[C@@]12C[C@H]1/C=C\CCCCCC(C(=O)OC1CCCC1)C(=O)N1C[C@H](OC(=O)N3CCc4ccccc4C3)C[C@H]1C(=O)N2. The molecular formula is C36H47N3O8. The van der Waals surface area contributed by atoms with Crippen LogP contribution in [0.1, 0.15) is 88.7 Å². The van der Waals surface area contributed by atoms with Crippen molar-refractivity contribution in [2.75, 3.05) is 19.7 Å². The Morgan fingerprint density at radius 1 is 0.957 bits per heavy atom. The predicted molar refractivity (Wildman–Crippen MR) is 171 cm³/mol. The minimum Gasteiger partial charge on any atom is -0.464 e. The number of hydrogen-bond donors (Lipinski definition) is 1. The van der Waals surface area contributed by atoms with Crippen LogP contribution in [-0.4, -0.2) is 83.1 Å². The lowest BCUT2D eigenvalue weighted by Gasteiger charge is -2.29. The highest BCUT2D eigenvalue weighted by Gasteiger charge is 2.62. The Labute approximate surface area is 276 Å². The smallest absolute Gasteiger partial charge is 0.410 e. The third-order valence-electron chi connectivity index (χ3n) is 10.4. The number of amides is 3. The summed E-state index contributed by atoms with van der Waals surface area (Å²) in [7, 11) is 0. The van der Waals surface area contributed by atoms with Gasteiger partial charge in [-0.2, -0.15) is 0 Å². The normalized spacial score (nSPS) is 30.5. The Hall–Kier alpha value is -3.89. The molecule has 11 heteroatoms. The van der Waals surface area contributed by atoms with E-state index < -0.39 is 53.4 Å². The van der Waals surface area contributed by atoms with Gasteiger partial charge in [0.05, 0.1) is 13.2 Å². The largest absolute Gasteiger partial charge is 0.464 e. The molecule has 3 amide bonds. The number of allylic oxidation sites excluding steroid dienone is 1. The van der Waals surface area contributed by atoms with Crippen molar-refractivity contribution in [1.29, 1.82) is 0 Å². The molecule has 0 spiro atoms. The molecule has 0 radical (unpaired) electrons. The van der Waals surface area contributed by atoms with Gasteiger partial charge in [-0.05, 0) is 75.8 Å². The quantitative estimate of drug-likeness (QED) is 0.217. The number of esters is 2. The van der Waals surface area contributed by atoms with Gasteiger partial charge in [0.15, 0.2) is 0 Å². The molecule has 1 aromatic carbocycles. The number of hydrogen-bond acceptors (Lipinski definition) is 8. The topological polar surface area (TPSA) is 132 Å². The van der Waals surface area contributed by atoms with Gasteiger partial charge in [-0.1, -0.05) is 49.3 Å². The zero-order chi connectivity index (χ0) is 33.0. The summed E-state index contributed by atoms with van der Waals surface area (Å²) in [5.41, 5.74) is 1.05. The summed E-state index contributed by atoms with van der Waals surface area (Å²) in [5, 5.41) is 2.94. The van der Waals surface area contributed by atoms with Crippen LogP contribution < -0.4 is 5.32 Å². The number of benzene rings is 1. The Balaban J connectivity index is 1.23. The Morgan fingerprint density at radius 3 is 2.51 bits per heavy atom. The minimum atomic E-state index is -1.21. The Morgan fingerprint density at radius 2 is 1.72 bits per heavy atom. The fraction of sp³-hybridized carbons (Fsp3) is 0.639. The van der Waals surface area contributed by atoms with E-state index in [9.17, 15) is 24.0 Å². The lowest BCUT2D eigenvalue weighted by atomic mass is 9.98. The molecule has 47 heavy (non-hydrogen) atoms. The van der Waals surface area contributed by atoms with E-state index in [0.717, 1.165) is 50.5 Å². The first-order valence-electron chi connectivity index (χ1n) is 17.5. The molecule has 6 rings (SSSR count). The maximum Gasteiger partial charge on any atom is 0.410 e. The third kappa shape index (κ3) is 7.33. The standard InChI is InChI=1S/C36H47N3O8/c1-2-45-34(43)36-21-26(36)14-6-4-3-5-7-17-29(33(42)46-27-15-10-11-16-27)32(41)39-23-28(20-30(39)31(40)37-36)47-35(44)38-19-18-24-12-8-9-13-25(24)22-38/h6,8-9,12-14,26-30H,2-5,7,10-11,15-23H2,1H3,(H,37,40)/b14-6-/t26-,28-,29?,30+,36-/m1/s1. The molecule has 1 saturated heterocycles. The van der Waals surface area contributed by atoms with Crippen LogP contribution in [0.4, 0.5) is 4.79 Å². The third-order valence-corrected chi connectivity index (χ3v) is 10.4. The van der Waals surface area contributed by atoms with E-state index in [0.29, 0.717) is 38.8 Å². The van der Waals surface area contributed by atoms with Crippen LogP contribution in [0, 0.1) is 11.8 Å². The lowest BCUT2D eigenvalue weighted by molar-refractivity contribution is -0.161. The average Bonchev–Trinajstić information content (AvgIpc) is 3.35. The van der Waals surface area contributed by atoms with E-state index in [4.69, 9.17) is 14.2 Å².